The average Bonchev–Trinajstić information content (AvgIpc) is 2.64. The summed E-state index contributed by atoms with van der Waals surface area (Å²) in [6.45, 7) is 2.35. The van der Waals surface area contributed by atoms with Gasteiger partial charge in [-0.2, -0.15) is 0 Å². The van der Waals surface area contributed by atoms with Crippen molar-refractivity contribution in [3.8, 4) is 0 Å². The van der Waals surface area contributed by atoms with Gasteiger partial charge in [-0.25, -0.2) is 0 Å². The lowest BCUT2D eigenvalue weighted by Crippen LogP contribution is -2.52. The molecule has 0 bridgehead atoms. The monoisotopic (exact) mass is 352 g/mol. The molecule has 0 N–H and O–H groups in total. The first-order valence-corrected chi connectivity index (χ1v) is 13.3. The number of hydrogen-bond donors (Lipinski definition) is 0. The lowest BCUT2D eigenvalue weighted by molar-refractivity contribution is 0.0375. The van der Waals surface area contributed by atoms with Crippen LogP contribution >= 0.6 is 0 Å². The van der Waals surface area contributed by atoms with Crippen molar-refractivity contribution in [3.63, 3.8) is 0 Å². The van der Waals surface area contributed by atoms with Gasteiger partial charge in [-0.05, 0) is 44.6 Å². The number of hydrogen-bond acceptors (Lipinski definition) is 2. The van der Waals surface area contributed by atoms with E-state index in [-0.39, 0.29) is 0 Å². The molecule has 3 aliphatic carbocycles. The van der Waals surface area contributed by atoms with Crippen molar-refractivity contribution >= 4 is 8.56 Å². The van der Waals surface area contributed by atoms with E-state index in [0.717, 1.165) is 5.54 Å². The smallest absolute Gasteiger partial charge is 0.341 e. The highest BCUT2D eigenvalue weighted by molar-refractivity contribution is 6.69. The Bertz CT molecular complexity index is 322. The summed E-state index contributed by atoms with van der Waals surface area (Å²) in [6, 6.07) is 1.24. The van der Waals surface area contributed by atoms with E-state index in [1.54, 1.807) is 0 Å². The molecule has 0 spiro atoms. The Hall–Kier alpha value is 0.137. The molecule has 0 aromatic carbocycles. The molecule has 3 aliphatic rings. The average molecular weight is 353 g/mol. The highest BCUT2D eigenvalue weighted by Gasteiger charge is 2.48. The van der Waals surface area contributed by atoms with Gasteiger partial charge in [0, 0.05) is 17.7 Å². The lowest BCUT2D eigenvalue weighted by atomic mass is 9.98. The zero-order valence-corrected chi connectivity index (χ0v) is 17.1. The third kappa shape index (κ3) is 5.08. The molecule has 0 atom stereocenters. The van der Waals surface area contributed by atoms with Gasteiger partial charge in [0.05, 0.1) is 0 Å². The summed E-state index contributed by atoms with van der Waals surface area (Å²) >= 11 is 0. The summed E-state index contributed by atoms with van der Waals surface area (Å²) in [5, 5.41) is 0. The predicted octanol–water partition coefficient (Wildman–Crippen LogP) is 6.87. The van der Waals surface area contributed by atoms with Gasteiger partial charge in [0.15, 0.2) is 0 Å². The molecule has 2 nitrogen and oxygen atoms in total. The summed E-state index contributed by atoms with van der Waals surface area (Å²) in [5.74, 6) is 0. The topological polar surface area (TPSA) is 18.5 Å². The summed E-state index contributed by atoms with van der Waals surface area (Å²) in [7, 11) is -2.07. The molecule has 0 radical (unpaired) electrons. The molecule has 3 rings (SSSR count). The van der Waals surface area contributed by atoms with Crippen molar-refractivity contribution < 1.29 is 8.85 Å². The second-order valence-corrected chi connectivity index (χ2v) is 12.1. The standard InChI is InChI=1S/C21H40O2Si/c1-2-18-24(21-16-10-5-11-17-21,22-19-12-6-3-7-13-19)23-20-14-8-4-9-15-20/h19-21H,2-18H2,1H3. The van der Waals surface area contributed by atoms with Gasteiger partial charge < -0.3 is 8.85 Å². The van der Waals surface area contributed by atoms with Gasteiger partial charge >= 0.3 is 8.56 Å². The van der Waals surface area contributed by atoms with Crippen LogP contribution in [0.15, 0.2) is 0 Å². The zero-order valence-electron chi connectivity index (χ0n) is 16.1. The van der Waals surface area contributed by atoms with Crippen LogP contribution in [-0.4, -0.2) is 20.8 Å². The van der Waals surface area contributed by atoms with Crippen molar-refractivity contribution in [3.05, 3.63) is 0 Å². The van der Waals surface area contributed by atoms with Crippen LogP contribution in [0.5, 0.6) is 0 Å². The highest BCUT2D eigenvalue weighted by atomic mass is 28.4. The van der Waals surface area contributed by atoms with Gasteiger partial charge in [0.2, 0.25) is 0 Å². The molecule has 0 heterocycles. The Morgan fingerprint density at radius 1 is 0.625 bits per heavy atom. The Morgan fingerprint density at radius 3 is 1.46 bits per heavy atom. The second kappa shape index (κ2) is 9.73. The van der Waals surface area contributed by atoms with Crippen molar-refractivity contribution in [1.29, 1.82) is 0 Å². The van der Waals surface area contributed by atoms with Crippen LogP contribution in [0.4, 0.5) is 0 Å². The largest absolute Gasteiger partial charge is 0.391 e. The maximum atomic E-state index is 7.08. The van der Waals surface area contributed by atoms with Crippen molar-refractivity contribution in [2.45, 2.75) is 133 Å². The molecular formula is C21H40O2Si. The zero-order chi connectivity index (χ0) is 16.7. The van der Waals surface area contributed by atoms with E-state index in [1.165, 1.54) is 109 Å². The fraction of sp³-hybridized carbons (Fsp3) is 1.00. The fourth-order valence-electron chi connectivity index (χ4n) is 5.36. The summed E-state index contributed by atoms with van der Waals surface area (Å²) in [4.78, 5) is 0. The van der Waals surface area contributed by atoms with Crippen LogP contribution in [0.3, 0.4) is 0 Å². The van der Waals surface area contributed by atoms with Gasteiger partial charge in [-0.3, -0.25) is 0 Å². The molecule has 3 heteroatoms. The van der Waals surface area contributed by atoms with Gasteiger partial charge in [0.1, 0.15) is 0 Å². The van der Waals surface area contributed by atoms with Crippen molar-refractivity contribution in [1.82, 2.24) is 0 Å². The Kier molecular flexibility index (Phi) is 7.67. The summed E-state index contributed by atoms with van der Waals surface area (Å²) in [6.07, 6.45) is 22.7. The SMILES string of the molecule is CCC[Si](OC1CCCCC1)(OC1CCCCC1)C1CCCCC1. The van der Waals surface area contributed by atoms with E-state index >= 15 is 0 Å². The molecule has 3 fully saturated rings. The Morgan fingerprint density at radius 2 is 1.04 bits per heavy atom. The van der Waals surface area contributed by atoms with E-state index in [1.807, 2.05) is 0 Å². The number of rotatable bonds is 7. The van der Waals surface area contributed by atoms with Crippen LogP contribution in [0.2, 0.25) is 11.6 Å². The van der Waals surface area contributed by atoms with Crippen LogP contribution in [-0.2, 0) is 8.85 Å². The third-order valence-electron chi connectivity index (χ3n) is 6.66. The second-order valence-electron chi connectivity index (χ2n) is 8.65. The third-order valence-corrected chi connectivity index (χ3v) is 11.1. The summed E-state index contributed by atoms with van der Waals surface area (Å²) in [5.41, 5.74) is 0.773. The fourth-order valence-corrected chi connectivity index (χ4v) is 10.0. The van der Waals surface area contributed by atoms with E-state index in [2.05, 4.69) is 6.92 Å². The minimum Gasteiger partial charge on any atom is -0.391 e. The van der Waals surface area contributed by atoms with Crippen LogP contribution in [0, 0.1) is 0 Å². The van der Waals surface area contributed by atoms with E-state index in [0.29, 0.717) is 12.2 Å². The van der Waals surface area contributed by atoms with E-state index in [9.17, 15) is 0 Å². The molecule has 0 saturated heterocycles. The van der Waals surface area contributed by atoms with Crippen molar-refractivity contribution in [2.75, 3.05) is 0 Å². The predicted molar refractivity (Wildman–Crippen MR) is 104 cm³/mol. The van der Waals surface area contributed by atoms with Crippen LogP contribution in [0.1, 0.15) is 110 Å². The van der Waals surface area contributed by atoms with Crippen LogP contribution < -0.4 is 0 Å². The van der Waals surface area contributed by atoms with Crippen LogP contribution in [0.25, 0.3) is 0 Å². The molecular weight excluding hydrogens is 312 g/mol. The minimum absolute atomic E-state index is 0.516. The van der Waals surface area contributed by atoms with Gasteiger partial charge in [-0.15, -0.1) is 0 Å². The first kappa shape index (κ1) is 18.9. The van der Waals surface area contributed by atoms with Gasteiger partial charge in [-0.1, -0.05) is 71.1 Å². The molecule has 3 saturated carbocycles. The van der Waals surface area contributed by atoms with E-state index in [4.69, 9.17) is 8.85 Å². The van der Waals surface area contributed by atoms with Crippen molar-refractivity contribution in [2.24, 2.45) is 0 Å². The molecule has 0 aromatic heterocycles. The lowest BCUT2D eigenvalue weighted by Gasteiger charge is -2.45. The maximum absolute atomic E-state index is 7.08. The molecule has 0 amide bonds. The van der Waals surface area contributed by atoms with E-state index < -0.39 is 8.56 Å². The maximum Gasteiger partial charge on any atom is 0.341 e. The first-order chi connectivity index (χ1) is 11.8. The highest BCUT2D eigenvalue weighted by Crippen LogP contribution is 2.44. The van der Waals surface area contributed by atoms with Gasteiger partial charge in [0.25, 0.3) is 0 Å². The minimum atomic E-state index is -2.07. The first-order valence-electron chi connectivity index (χ1n) is 11.2. The Balaban J connectivity index is 1.74. The molecule has 140 valence electrons. The molecule has 0 unspecified atom stereocenters. The Labute approximate surface area is 151 Å². The quantitative estimate of drug-likeness (QED) is 0.465. The molecule has 0 aromatic rings. The summed E-state index contributed by atoms with van der Waals surface area (Å²) < 4.78 is 14.2. The normalized spacial score (nSPS) is 25.9. The molecule has 24 heavy (non-hydrogen) atoms. The molecule has 0 aliphatic heterocycles.